The van der Waals surface area contributed by atoms with Crippen molar-refractivity contribution >= 4 is 24.3 Å². The number of rotatable bonds is 4. The Labute approximate surface area is 171 Å². The molecule has 1 saturated heterocycles. The highest BCUT2D eigenvalue weighted by Crippen LogP contribution is 2.36. The number of para-hydroxylation sites is 1. The van der Waals surface area contributed by atoms with Crippen LogP contribution < -0.4 is 4.74 Å². The van der Waals surface area contributed by atoms with Crippen LogP contribution in [0.2, 0.25) is 0 Å². The fraction of sp³-hybridized carbons (Fsp3) is 0.364. The van der Waals surface area contributed by atoms with Gasteiger partial charge in [0.05, 0.1) is 5.92 Å². The number of benzene rings is 2. The first-order valence-electron chi connectivity index (χ1n) is 9.46. The van der Waals surface area contributed by atoms with Gasteiger partial charge in [-0.15, -0.1) is 12.4 Å². The summed E-state index contributed by atoms with van der Waals surface area (Å²) in [6.45, 7) is 6.12. The Morgan fingerprint density at radius 1 is 1.07 bits per heavy atom. The van der Waals surface area contributed by atoms with Crippen LogP contribution in [0, 0.1) is 6.92 Å². The molecule has 0 N–H and O–H groups in total. The van der Waals surface area contributed by atoms with Crippen molar-refractivity contribution in [2.75, 3.05) is 26.2 Å². The summed E-state index contributed by atoms with van der Waals surface area (Å²) in [4.78, 5) is 29.1. The van der Waals surface area contributed by atoms with Gasteiger partial charge in [0.2, 0.25) is 5.91 Å². The van der Waals surface area contributed by atoms with Gasteiger partial charge in [-0.2, -0.15) is 0 Å². The second kappa shape index (κ2) is 8.76. The number of hydrogen-bond donors (Lipinski definition) is 0. The van der Waals surface area contributed by atoms with Crippen molar-refractivity contribution in [3.63, 3.8) is 0 Å². The number of aryl methyl sites for hydroxylation is 1. The van der Waals surface area contributed by atoms with E-state index in [1.54, 1.807) is 6.07 Å². The molecule has 1 amide bonds. The van der Waals surface area contributed by atoms with Gasteiger partial charge >= 0.3 is 5.97 Å². The van der Waals surface area contributed by atoms with Crippen LogP contribution in [-0.2, 0) is 16.1 Å². The Kier molecular flexibility index (Phi) is 6.37. The van der Waals surface area contributed by atoms with Gasteiger partial charge in [-0.25, -0.2) is 0 Å². The molecule has 2 aromatic carbocycles. The lowest BCUT2D eigenvalue weighted by Gasteiger charge is -2.35. The molecular formula is C22H25ClN2O3. The van der Waals surface area contributed by atoms with Gasteiger partial charge in [0.1, 0.15) is 5.75 Å². The molecule has 6 heteroatoms. The highest BCUT2D eigenvalue weighted by atomic mass is 35.5. The third-order valence-electron chi connectivity index (χ3n) is 5.38. The maximum atomic E-state index is 12.7. The average molecular weight is 401 g/mol. The summed E-state index contributed by atoms with van der Waals surface area (Å²) in [5, 5.41) is 0. The topological polar surface area (TPSA) is 49.9 Å². The lowest BCUT2D eigenvalue weighted by molar-refractivity contribution is -0.140. The molecule has 2 aliphatic rings. The lowest BCUT2D eigenvalue weighted by atomic mass is 9.96. The molecule has 148 valence electrons. The molecule has 4 rings (SSSR count). The number of halogens is 1. The number of carbonyl (C=O) groups excluding carboxylic acids is 2. The molecule has 1 atom stereocenters. The molecule has 0 aliphatic carbocycles. The SMILES string of the molecule is Cc1cccc(CN2CCN(C(=O)CC3C(=O)Oc4ccccc43)CC2)c1.Cl. The Hall–Kier alpha value is -2.37. The van der Waals surface area contributed by atoms with E-state index in [1.165, 1.54) is 11.1 Å². The minimum absolute atomic E-state index is 0. The molecule has 0 saturated carbocycles. The zero-order valence-corrected chi connectivity index (χ0v) is 16.8. The van der Waals surface area contributed by atoms with Gasteiger partial charge in [0, 0.05) is 44.7 Å². The highest BCUT2D eigenvalue weighted by molar-refractivity contribution is 5.91. The van der Waals surface area contributed by atoms with Crippen LogP contribution in [0.5, 0.6) is 5.75 Å². The third-order valence-corrected chi connectivity index (χ3v) is 5.38. The van der Waals surface area contributed by atoms with E-state index >= 15 is 0 Å². The van der Waals surface area contributed by atoms with Crippen LogP contribution in [0.3, 0.4) is 0 Å². The summed E-state index contributed by atoms with van der Waals surface area (Å²) < 4.78 is 5.28. The summed E-state index contributed by atoms with van der Waals surface area (Å²) in [6, 6.07) is 15.9. The van der Waals surface area contributed by atoms with E-state index in [4.69, 9.17) is 4.74 Å². The van der Waals surface area contributed by atoms with E-state index in [1.807, 2.05) is 23.1 Å². The molecule has 2 aliphatic heterocycles. The monoisotopic (exact) mass is 400 g/mol. The maximum Gasteiger partial charge on any atom is 0.319 e. The van der Waals surface area contributed by atoms with Gasteiger partial charge < -0.3 is 9.64 Å². The van der Waals surface area contributed by atoms with Crippen molar-refractivity contribution in [2.24, 2.45) is 0 Å². The van der Waals surface area contributed by atoms with Crippen LogP contribution in [0.25, 0.3) is 0 Å². The quantitative estimate of drug-likeness (QED) is 0.584. The zero-order valence-electron chi connectivity index (χ0n) is 16.0. The summed E-state index contributed by atoms with van der Waals surface area (Å²) in [6.07, 6.45) is 0.188. The van der Waals surface area contributed by atoms with Gasteiger partial charge in [-0.1, -0.05) is 48.0 Å². The van der Waals surface area contributed by atoms with E-state index in [2.05, 4.69) is 36.1 Å². The molecule has 0 spiro atoms. The average Bonchev–Trinajstić information content (AvgIpc) is 2.98. The van der Waals surface area contributed by atoms with Crippen molar-refractivity contribution in [1.82, 2.24) is 9.80 Å². The number of amides is 1. The molecule has 28 heavy (non-hydrogen) atoms. The van der Waals surface area contributed by atoms with Crippen molar-refractivity contribution < 1.29 is 14.3 Å². The third kappa shape index (κ3) is 4.37. The van der Waals surface area contributed by atoms with Crippen molar-refractivity contribution in [3.05, 3.63) is 65.2 Å². The van der Waals surface area contributed by atoms with Crippen LogP contribution in [0.1, 0.15) is 29.0 Å². The van der Waals surface area contributed by atoms with Crippen LogP contribution >= 0.6 is 12.4 Å². The maximum absolute atomic E-state index is 12.7. The van der Waals surface area contributed by atoms with Crippen molar-refractivity contribution in [1.29, 1.82) is 0 Å². The molecular weight excluding hydrogens is 376 g/mol. The molecule has 0 radical (unpaired) electrons. The predicted octanol–water partition coefficient (Wildman–Crippen LogP) is 3.15. The number of fused-ring (bicyclic) bond motifs is 1. The Morgan fingerprint density at radius 2 is 1.82 bits per heavy atom. The predicted molar refractivity (Wildman–Crippen MR) is 110 cm³/mol. The second-order valence-electron chi connectivity index (χ2n) is 7.36. The normalized spacial score (nSPS) is 19.0. The molecule has 0 bridgehead atoms. The number of esters is 1. The first-order valence-corrected chi connectivity index (χ1v) is 9.46. The molecule has 2 heterocycles. The number of piperazine rings is 1. The van der Waals surface area contributed by atoms with Gasteiger partial charge in [0.25, 0.3) is 0 Å². The Morgan fingerprint density at radius 3 is 2.57 bits per heavy atom. The van der Waals surface area contributed by atoms with Crippen molar-refractivity contribution in [2.45, 2.75) is 25.8 Å². The molecule has 2 aromatic rings. The smallest absolute Gasteiger partial charge is 0.319 e. The largest absolute Gasteiger partial charge is 0.426 e. The van der Waals surface area contributed by atoms with E-state index < -0.39 is 5.92 Å². The van der Waals surface area contributed by atoms with Gasteiger partial charge in [-0.3, -0.25) is 14.5 Å². The fourth-order valence-corrected chi connectivity index (χ4v) is 3.89. The van der Waals surface area contributed by atoms with Crippen molar-refractivity contribution in [3.8, 4) is 5.75 Å². The van der Waals surface area contributed by atoms with E-state index in [9.17, 15) is 9.59 Å². The number of ether oxygens (including phenoxy) is 1. The number of nitrogens with zero attached hydrogens (tertiary/aromatic N) is 2. The van der Waals surface area contributed by atoms with E-state index in [0.717, 1.165) is 25.2 Å². The van der Waals surface area contributed by atoms with Crippen LogP contribution in [-0.4, -0.2) is 47.9 Å². The van der Waals surface area contributed by atoms with Crippen LogP contribution in [0.4, 0.5) is 0 Å². The minimum Gasteiger partial charge on any atom is -0.426 e. The first kappa shape index (κ1) is 20.4. The summed E-state index contributed by atoms with van der Waals surface area (Å²) in [7, 11) is 0. The Balaban J connectivity index is 0.00000225. The molecule has 1 fully saturated rings. The lowest BCUT2D eigenvalue weighted by Crippen LogP contribution is -2.48. The van der Waals surface area contributed by atoms with Gasteiger partial charge in [-0.05, 0) is 18.6 Å². The molecule has 1 unspecified atom stereocenters. The van der Waals surface area contributed by atoms with Gasteiger partial charge in [0.15, 0.2) is 0 Å². The standard InChI is InChI=1S/C22H24N2O3.ClH/c1-16-5-4-6-17(13-16)15-23-9-11-24(12-10-23)21(25)14-19-18-7-2-3-8-20(18)27-22(19)26;/h2-8,13,19H,9-12,14-15H2,1H3;1H. The number of hydrogen-bond acceptors (Lipinski definition) is 4. The first-order chi connectivity index (χ1) is 13.1. The highest BCUT2D eigenvalue weighted by Gasteiger charge is 2.36. The molecule has 0 aromatic heterocycles. The zero-order chi connectivity index (χ0) is 18.8. The summed E-state index contributed by atoms with van der Waals surface area (Å²) in [5.74, 6) is -0.172. The number of carbonyl (C=O) groups is 2. The van der Waals surface area contributed by atoms with E-state index in [0.29, 0.717) is 18.8 Å². The minimum atomic E-state index is -0.473. The molecule has 5 nitrogen and oxygen atoms in total. The van der Waals surface area contributed by atoms with Crippen LogP contribution in [0.15, 0.2) is 48.5 Å². The Bertz CT molecular complexity index is 862. The summed E-state index contributed by atoms with van der Waals surface area (Å²) >= 11 is 0. The fourth-order valence-electron chi connectivity index (χ4n) is 3.89. The summed E-state index contributed by atoms with van der Waals surface area (Å²) in [5.41, 5.74) is 3.40. The second-order valence-corrected chi connectivity index (χ2v) is 7.36. The van der Waals surface area contributed by atoms with E-state index in [-0.39, 0.29) is 30.7 Å².